The van der Waals surface area contributed by atoms with Gasteiger partial charge in [-0.15, -0.1) is 0 Å². The number of hydrogen-bond donors (Lipinski definition) is 1. The third-order valence-electron chi connectivity index (χ3n) is 4.29. The molecule has 2 aromatic rings. The topological polar surface area (TPSA) is 38.3 Å². The minimum Gasteiger partial charge on any atom is -0.481 e. The van der Waals surface area contributed by atoms with Gasteiger partial charge in [-0.1, -0.05) is 35.9 Å². The lowest BCUT2D eigenvalue weighted by atomic mass is 9.77. The summed E-state index contributed by atoms with van der Waals surface area (Å²) in [5, 5.41) is 3.65. The average molecular weight is 330 g/mol. The van der Waals surface area contributed by atoms with Crippen molar-refractivity contribution in [2.24, 2.45) is 0 Å². The van der Waals surface area contributed by atoms with E-state index in [0.29, 0.717) is 23.2 Å². The molecule has 4 heteroatoms. The van der Waals surface area contributed by atoms with Crippen molar-refractivity contribution in [2.75, 3.05) is 6.54 Å². The third kappa shape index (κ3) is 3.50. The van der Waals surface area contributed by atoms with E-state index in [1.165, 1.54) is 11.1 Å². The van der Waals surface area contributed by atoms with E-state index < -0.39 is 6.10 Å². The molecule has 23 heavy (non-hydrogen) atoms. The van der Waals surface area contributed by atoms with Gasteiger partial charge in [0.1, 0.15) is 5.75 Å². The SMILES string of the molecule is Cc1cc(Cl)ccc1O[C@@H](C)C(=O)NC[C@H]1Cc2ccccc21. The van der Waals surface area contributed by atoms with Gasteiger partial charge >= 0.3 is 0 Å². The van der Waals surface area contributed by atoms with Crippen molar-refractivity contribution in [1.82, 2.24) is 5.32 Å². The van der Waals surface area contributed by atoms with E-state index in [0.717, 1.165) is 12.0 Å². The second-order valence-electron chi connectivity index (χ2n) is 6.01. The molecule has 0 saturated carbocycles. The van der Waals surface area contributed by atoms with Crippen molar-refractivity contribution in [2.45, 2.75) is 32.3 Å². The predicted octanol–water partition coefficient (Wildman–Crippen LogP) is 3.87. The molecule has 120 valence electrons. The zero-order valence-corrected chi connectivity index (χ0v) is 14.1. The molecular formula is C19H20ClNO2. The number of benzene rings is 2. The molecule has 0 unspecified atom stereocenters. The molecule has 0 bridgehead atoms. The van der Waals surface area contributed by atoms with Gasteiger partial charge in [0.25, 0.3) is 5.91 Å². The maximum Gasteiger partial charge on any atom is 0.260 e. The molecule has 0 saturated heterocycles. The van der Waals surface area contributed by atoms with Gasteiger partial charge in [0.05, 0.1) is 0 Å². The summed E-state index contributed by atoms with van der Waals surface area (Å²) in [6.45, 7) is 4.33. The summed E-state index contributed by atoms with van der Waals surface area (Å²) in [5.41, 5.74) is 3.65. The molecular weight excluding hydrogens is 310 g/mol. The first-order valence-electron chi connectivity index (χ1n) is 7.83. The van der Waals surface area contributed by atoms with Gasteiger partial charge in [-0.3, -0.25) is 4.79 Å². The molecule has 0 spiro atoms. The Bertz CT molecular complexity index is 729. The normalized spacial score (nSPS) is 16.9. The predicted molar refractivity (Wildman–Crippen MR) is 92.2 cm³/mol. The fourth-order valence-corrected chi connectivity index (χ4v) is 3.13. The van der Waals surface area contributed by atoms with Crippen LogP contribution in [0.2, 0.25) is 5.02 Å². The number of fused-ring (bicyclic) bond motifs is 1. The lowest BCUT2D eigenvalue weighted by molar-refractivity contribution is -0.127. The molecule has 3 nitrogen and oxygen atoms in total. The number of hydrogen-bond acceptors (Lipinski definition) is 2. The van der Waals surface area contributed by atoms with Crippen molar-refractivity contribution >= 4 is 17.5 Å². The van der Waals surface area contributed by atoms with Crippen molar-refractivity contribution in [3.63, 3.8) is 0 Å². The summed E-state index contributed by atoms with van der Waals surface area (Å²) in [5.74, 6) is 1.01. The Hall–Kier alpha value is -2.00. The van der Waals surface area contributed by atoms with Gasteiger partial charge < -0.3 is 10.1 Å². The van der Waals surface area contributed by atoms with Crippen molar-refractivity contribution in [3.8, 4) is 5.75 Å². The summed E-state index contributed by atoms with van der Waals surface area (Å²) in [6, 6.07) is 13.8. The zero-order valence-electron chi connectivity index (χ0n) is 13.3. The van der Waals surface area contributed by atoms with Crippen LogP contribution in [0.5, 0.6) is 5.75 Å². The maximum absolute atomic E-state index is 12.2. The van der Waals surface area contributed by atoms with E-state index >= 15 is 0 Å². The van der Waals surface area contributed by atoms with E-state index in [1.807, 2.05) is 19.1 Å². The first-order chi connectivity index (χ1) is 11.0. The van der Waals surface area contributed by atoms with Crippen molar-refractivity contribution in [1.29, 1.82) is 0 Å². The summed E-state index contributed by atoms with van der Waals surface area (Å²) >= 11 is 5.93. The van der Waals surface area contributed by atoms with Crippen LogP contribution in [0.1, 0.15) is 29.5 Å². The number of halogens is 1. The zero-order chi connectivity index (χ0) is 16.4. The number of aryl methyl sites for hydroxylation is 1. The van der Waals surface area contributed by atoms with Gasteiger partial charge in [-0.05, 0) is 55.2 Å². The number of carbonyl (C=O) groups is 1. The second-order valence-corrected chi connectivity index (χ2v) is 6.45. The van der Waals surface area contributed by atoms with Crippen LogP contribution in [0.3, 0.4) is 0 Å². The Morgan fingerprint density at radius 2 is 2.13 bits per heavy atom. The molecule has 0 heterocycles. The first kappa shape index (κ1) is 15.9. The highest BCUT2D eigenvalue weighted by Gasteiger charge is 2.26. The molecule has 2 aromatic carbocycles. The standard InChI is InChI=1S/C19H20ClNO2/c1-12-9-16(20)7-8-18(12)23-13(2)19(22)21-11-15-10-14-5-3-4-6-17(14)15/h3-9,13,15H,10-11H2,1-2H3,(H,21,22)/t13-,15+/m0/s1. The summed E-state index contributed by atoms with van der Waals surface area (Å²) in [4.78, 5) is 12.2. The molecule has 0 fully saturated rings. The molecule has 1 aliphatic rings. The minimum absolute atomic E-state index is 0.0938. The van der Waals surface area contributed by atoms with Crippen LogP contribution in [0.15, 0.2) is 42.5 Å². The van der Waals surface area contributed by atoms with Crippen molar-refractivity contribution < 1.29 is 9.53 Å². The van der Waals surface area contributed by atoms with E-state index in [-0.39, 0.29) is 5.91 Å². The van der Waals surface area contributed by atoms with Gasteiger partial charge in [0.2, 0.25) is 0 Å². The number of amides is 1. The van der Waals surface area contributed by atoms with E-state index in [4.69, 9.17) is 16.3 Å². The lowest BCUT2D eigenvalue weighted by Crippen LogP contribution is -2.40. The van der Waals surface area contributed by atoms with Crippen LogP contribution in [0.25, 0.3) is 0 Å². The summed E-state index contributed by atoms with van der Waals surface area (Å²) in [6.07, 6.45) is 0.493. The fourth-order valence-electron chi connectivity index (χ4n) is 2.90. The highest BCUT2D eigenvalue weighted by atomic mass is 35.5. The number of nitrogens with one attached hydrogen (secondary N) is 1. The second kappa shape index (κ2) is 6.63. The van der Waals surface area contributed by atoms with Crippen LogP contribution in [-0.2, 0) is 11.2 Å². The maximum atomic E-state index is 12.2. The number of carbonyl (C=O) groups excluding carboxylic acids is 1. The van der Waals surface area contributed by atoms with Gasteiger partial charge in [0, 0.05) is 17.5 Å². The Kier molecular flexibility index (Phi) is 4.58. The number of ether oxygens (including phenoxy) is 1. The molecule has 1 N–H and O–H groups in total. The fraction of sp³-hybridized carbons (Fsp3) is 0.316. The molecule has 1 amide bonds. The van der Waals surface area contributed by atoms with E-state index in [1.54, 1.807) is 19.1 Å². The van der Waals surface area contributed by atoms with Gasteiger partial charge in [0.15, 0.2) is 6.10 Å². The van der Waals surface area contributed by atoms with E-state index in [9.17, 15) is 4.79 Å². The average Bonchev–Trinajstić information content (AvgIpc) is 2.50. The van der Waals surface area contributed by atoms with Crippen LogP contribution in [-0.4, -0.2) is 18.6 Å². The van der Waals surface area contributed by atoms with Crippen LogP contribution in [0.4, 0.5) is 0 Å². The smallest absolute Gasteiger partial charge is 0.260 e. The van der Waals surface area contributed by atoms with Crippen molar-refractivity contribution in [3.05, 3.63) is 64.2 Å². The third-order valence-corrected chi connectivity index (χ3v) is 4.53. The van der Waals surface area contributed by atoms with Crippen LogP contribution < -0.4 is 10.1 Å². The molecule has 1 aliphatic carbocycles. The highest BCUT2D eigenvalue weighted by molar-refractivity contribution is 6.30. The molecule has 3 rings (SSSR count). The molecule has 0 radical (unpaired) electrons. The number of rotatable bonds is 5. The minimum atomic E-state index is -0.537. The summed E-state index contributed by atoms with van der Waals surface area (Å²) in [7, 11) is 0. The molecule has 0 aliphatic heterocycles. The Morgan fingerprint density at radius 1 is 1.35 bits per heavy atom. The Morgan fingerprint density at radius 3 is 2.87 bits per heavy atom. The summed E-state index contributed by atoms with van der Waals surface area (Å²) < 4.78 is 5.74. The quantitative estimate of drug-likeness (QED) is 0.904. The van der Waals surface area contributed by atoms with Gasteiger partial charge in [-0.25, -0.2) is 0 Å². The van der Waals surface area contributed by atoms with E-state index in [2.05, 4.69) is 23.5 Å². The van der Waals surface area contributed by atoms with Gasteiger partial charge in [-0.2, -0.15) is 0 Å². The Labute approximate surface area is 141 Å². The molecule has 2 atom stereocenters. The largest absolute Gasteiger partial charge is 0.481 e. The highest BCUT2D eigenvalue weighted by Crippen LogP contribution is 2.34. The van der Waals surface area contributed by atoms with Crippen LogP contribution >= 0.6 is 11.6 Å². The molecule has 0 aromatic heterocycles. The first-order valence-corrected chi connectivity index (χ1v) is 8.20. The Balaban J connectivity index is 1.52. The van der Waals surface area contributed by atoms with Crippen LogP contribution in [0, 0.1) is 6.92 Å². The monoisotopic (exact) mass is 329 g/mol. The lowest BCUT2D eigenvalue weighted by Gasteiger charge is -2.30.